The van der Waals surface area contributed by atoms with Crippen molar-refractivity contribution in [3.05, 3.63) is 53.7 Å². The van der Waals surface area contributed by atoms with Crippen molar-refractivity contribution in [3.8, 4) is 11.6 Å². The van der Waals surface area contributed by atoms with E-state index in [1.165, 1.54) is 5.56 Å². The average molecular weight is 270 g/mol. The Morgan fingerprint density at radius 2 is 1.95 bits per heavy atom. The summed E-state index contributed by atoms with van der Waals surface area (Å²) in [4.78, 5) is 4.27. The number of nitrogens with two attached hydrogens (primary N) is 1. The quantitative estimate of drug-likeness (QED) is 0.875. The zero-order valence-electron chi connectivity index (χ0n) is 12.3. The lowest BCUT2D eigenvalue weighted by molar-refractivity contribution is 0.451. The number of benzene rings is 1. The van der Waals surface area contributed by atoms with Crippen LogP contribution < -0.4 is 10.5 Å². The fourth-order valence-corrected chi connectivity index (χ4v) is 2.08. The first-order valence-corrected chi connectivity index (χ1v) is 7.10. The summed E-state index contributed by atoms with van der Waals surface area (Å²) in [6, 6.07) is 11.9. The summed E-state index contributed by atoms with van der Waals surface area (Å²) in [7, 11) is 0. The molecule has 106 valence electrons. The van der Waals surface area contributed by atoms with Crippen molar-refractivity contribution in [2.24, 2.45) is 5.73 Å². The van der Waals surface area contributed by atoms with Crippen molar-refractivity contribution in [2.45, 2.75) is 39.2 Å². The van der Waals surface area contributed by atoms with Crippen molar-refractivity contribution in [3.63, 3.8) is 0 Å². The largest absolute Gasteiger partial charge is 0.439 e. The molecule has 0 aliphatic heterocycles. The van der Waals surface area contributed by atoms with Crippen molar-refractivity contribution < 1.29 is 4.74 Å². The highest BCUT2D eigenvalue weighted by atomic mass is 16.5. The normalized spacial score (nSPS) is 13.8. The number of hydrogen-bond acceptors (Lipinski definition) is 3. The first-order valence-electron chi connectivity index (χ1n) is 7.10. The molecule has 0 radical (unpaired) electrons. The van der Waals surface area contributed by atoms with Crippen molar-refractivity contribution >= 4 is 0 Å². The van der Waals surface area contributed by atoms with Gasteiger partial charge in [-0.2, -0.15) is 0 Å². The molecule has 2 aromatic rings. The van der Waals surface area contributed by atoms with Gasteiger partial charge in [-0.1, -0.05) is 32.0 Å². The minimum atomic E-state index is -0.0230. The number of pyridine rings is 1. The van der Waals surface area contributed by atoms with E-state index in [2.05, 4.69) is 24.9 Å². The third-order valence-electron chi connectivity index (χ3n) is 3.56. The second kappa shape index (κ2) is 6.53. The summed E-state index contributed by atoms with van der Waals surface area (Å²) in [6.45, 7) is 6.33. The molecule has 1 heterocycles. The molecule has 2 rings (SSSR count). The average Bonchev–Trinajstić information content (AvgIpc) is 2.47. The van der Waals surface area contributed by atoms with Crippen LogP contribution in [0.25, 0.3) is 0 Å². The van der Waals surface area contributed by atoms with E-state index in [0.717, 1.165) is 17.7 Å². The van der Waals surface area contributed by atoms with Crippen molar-refractivity contribution in [1.82, 2.24) is 4.98 Å². The van der Waals surface area contributed by atoms with E-state index < -0.39 is 0 Å². The fraction of sp³-hybridized carbons (Fsp3) is 0.353. The molecule has 0 aliphatic rings. The van der Waals surface area contributed by atoms with E-state index in [1.807, 2.05) is 37.3 Å². The summed E-state index contributed by atoms with van der Waals surface area (Å²) >= 11 is 0. The van der Waals surface area contributed by atoms with Crippen LogP contribution in [0.1, 0.15) is 50.3 Å². The standard InChI is InChI=1S/C17H22N2O/c1-4-12(2)15-7-5-6-8-16(15)20-17-11-14(13(3)18)9-10-19-17/h5-13H,4,18H2,1-3H3. The molecule has 0 saturated carbocycles. The molecule has 1 aromatic heterocycles. The van der Waals surface area contributed by atoms with Gasteiger partial charge in [0.1, 0.15) is 5.75 Å². The third kappa shape index (κ3) is 3.36. The zero-order valence-corrected chi connectivity index (χ0v) is 12.3. The Labute approximate surface area is 120 Å². The van der Waals surface area contributed by atoms with Crippen LogP contribution in [0.3, 0.4) is 0 Å². The van der Waals surface area contributed by atoms with E-state index in [9.17, 15) is 0 Å². The van der Waals surface area contributed by atoms with Gasteiger partial charge in [-0.3, -0.25) is 0 Å². The lowest BCUT2D eigenvalue weighted by atomic mass is 9.98. The van der Waals surface area contributed by atoms with E-state index in [-0.39, 0.29) is 6.04 Å². The number of para-hydroxylation sites is 1. The Morgan fingerprint density at radius 1 is 1.20 bits per heavy atom. The zero-order chi connectivity index (χ0) is 14.5. The molecule has 1 aromatic carbocycles. The summed E-state index contributed by atoms with van der Waals surface area (Å²) < 4.78 is 5.96. The number of nitrogens with zero attached hydrogens (tertiary/aromatic N) is 1. The number of hydrogen-bond donors (Lipinski definition) is 1. The molecule has 2 unspecified atom stereocenters. The van der Waals surface area contributed by atoms with Crippen LogP contribution in [0.2, 0.25) is 0 Å². The Kier molecular flexibility index (Phi) is 4.74. The van der Waals surface area contributed by atoms with Crippen LogP contribution >= 0.6 is 0 Å². The lowest BCUT2D eigenvalue weighted by Crippen LogP contribution is -2.05. The van der Waals surface area contributed by atoms with Gasteiger partial charge in [-0.25, -0.2) is 4.98 Å². The minimum absolute atomic E-state index is 0.0230. The molecule has 0 bridgehead atoms. The smallest absolute Gasteiger partial charge is 0.219 e. The van der Waals surface area contributed by atoms with Gasteiger partial charge in [0.2, 0.25) is 5.88 Å². The third-order valence-corrected chi connectivity index (χ3v) is 3.56. The van der Waals surface area contributed by atoms with Crippen LogP contribution in [0.15, 0.2) is 42.6 Å². The second-order valence-corrected chi connectivity index (χ2v) is 5.17. The Hall–Kier alpha value is -1.87. The molecule has 20 heavy (non-hydrogen) atoms. The first kappa shape index (κ1) is 14.5. The Balaban J connectivity index is 2.28. The summed E-state index contributed by atoms with van der Waals surface area (Å²) in [5, 5.41) is 0. The topological polar surface area (TPSA) is 48.1 Å². The van der Waals surface area contributed by atoms with Crippen LogP contribution in [-0.4, -0.2) is 4.98 Å². The van der Waals surface area contributed by atoms with E-state index in [0.29, 0.717) is 11.8 Å². The first-order chi connectivity index (χ1) is 9.61. The van der Waals surface area contributed by atoms with Crippen molar-refractivity contribution in [1.29, 1.82) is 0 Å². The maximum Gasteiger partial charge on any atom is 0.219 e. The van der Waals surface area contributed by atoms with Gasteiger partial charge in [0.05, 0.1) is 0 Å². The number of aromatic nitrogens is 1. The van der Waals surface area contributed by atoms with Crippen LogP contribution in [-0.2, 0) is 0 Å². The molecule has 0 saturated heterocycles. The summed E-state index contributed by atoms with van der Waals surface area (Å²) in [5.74, 6) is 1.93. The highest BCUT2D eigenvalue weighted by Crippen LogP contribution is 2.31. The number of rotatable bonds is 5. The predicted molar refractivity (Wildman–Crippen MR) is 82.1 cm³/mol. The molecule has 0 fully saturated rings. The monoisotopic (exact) mass is 270 g/mol. The summed E-state index contributed by atoms with van der Waals surface area (Å²) in [5.41, 5.74) is 8.13. The van der Waals surface area contributed by atoms with E-state index in [4.69, 9.17) is 10.5 Å². The van der Waals surface area contributed by atoms with E-state index >= 15 is 0 Å². The molecule has 0 amide bonds. The van der Waals surface area contributed by atoms with Crippen molar-refractivity contribution in [2.75, 3.05) is 0 Å². The highest BCUT2D eigenvalue weighted by molar-refractivity contribution is 5.38. The summed E-state index contributed by atoms with van der Waals surface area (Å²) in [6.07, 6.45) is 2.81. The second-order valence-electron chi connectivity index (χ2n) is 5.17. The number of ether oxygens (including phenoxy) is 1. The molecule has 2 atom stereocenters. The molecular weight excluding hydrogens is 248 g/mol. The molecular formula is C17H22N2O. The molecule has 0 aliphatic carbocycles. The molecule has 3 nitrogen and oxygen atoms in total. The van der Waals surface area contributed by atoms with Gasteiger partial charge >= 0.3 is 0 Å². The maximum atomic E-state index is 5.96. The lowest BCUT2D eigenvalue weighted by Gasteiger charge is -2.15. The van der Waals surface area contributed by atoms with Gasteiger partial charge in [-0.15, -0.1) is 0 Å². The minimum Gasteiger partial charge on any atom is -0.439 e. The van der Waals surface area contributed by atoms with Gasteiger partial charge in [0, 0.05) is 18.3 Å². The molecule has 3 heteroatoms. The van der Waals surface area contributed by atoms with Gasteiger partial charge in [-0.05, 0) is 42.5 Å². The van der Waals surface area contributed by atoms with Crippen LogP contribution in [0.4, 0.5) is 0 Å². The SMILES string of the molecule is CCC(C)c1ccccc1Oc1cc(C(C)N)ccn1. The highest BCUT2D eigenvalue weighted by Gasteiger charge is 2.11. The van der Waals surface area contributed by atoms with Gasteiger partial charge in [0.25, 0.3) is 0 Å². The predicted octanol–water partition coefficient (Wildman–Crippen LogP) is 4.41. The van der Waals surface area contributed by atoms with Gasteiger partial charge in [0.15, 0.2) is 0 Å². The van der Waals surface area contributed by atoms with Crippen LogP contribution in [0.5, 0.6) is 11.6 Å². The molecule has 0 spiro atoms. The fourth-order valence-electron chi connectivity index (χ4n) is 2.08. The van der Waals surface area contributed by atoms with E-state index in [1.54, 1.807) is 6.20 Å². The van der Waals surface area contributed by atoms with Gasteiger partial charge < -0.3 is 10.5 Å². The molecule has 2 N–H and O–H groups in total. The Morgan fingerprint density at radius 3 is 2.65 bits per heavy atom. The van der Waals surface area contributed by atoms with Crippen LogP contribution in [0, 0.1) is 0 Å². The maximum absolute atomic E-state index is 5.96. The Bertz CT molecular complexity index is 566.